The number of nitrogens with zero attached hydrogens (tertiary/aromatic N) is 1. The van der Waals surface area contributed by atoms with Gasteiger partial charge in [-0.25, -0.2) is 0 Å². The molecule has 0 saturated heterocycles. The third-order valence-corrected chi connectivity index (χ3v) is 3.60. The van der Waals surface area contributed by atoms with Crippen LogP contribution in [0.1, 0.15) is 46.0 Å². The fourth-order valence-corrected chi connectivity index (χ4v) is 2.59. The van der Waals surface area contributed by atoms with E-state index in [0.717, 1.165) is 19.5 Å². The second-order valence-electron chi connectivity index (χ2n) is 4.87. The van der Waals surface area contributed by atoms with E-state index in [4.69, 9.17) is 0 Å². The lowest BCUT2D eigenvalue weighted by Crippen LogP contribution is -2.48. The minimum absolute atomic E-state index is 0.421. The molecule has 100 valence electrons. The summed E-state index contributed by atoms with van der Waals surface area (Å²) in [4.78, 5) is 13.5. The Balaban J connectivity index is 2.46. The van der Waals surface area contributed by atoms with E-state index in [1.165, 1.54) is 25.7 Å². The van der Waals surface area contributed by atoms with Crippen molar-refractivity contribution in [3.8, 4) is 0 Å². The molecule has 17 heavy (non-hydrogen) atoms. The third kappa shape index (κ3) is 4.64. The summed E-state index contributed by atoms with van der Waals surface area (Å²) in [5, 5.41) is 12.3. The molecule has 1 fully saturated rings. The zero-order chi connectivity index (χ0) is 12.7. The van der Waals surface area contributed by atoms with E-state index in [1.54, 1.807) is 0 Å². The molecule has 4 heteroatoms. The van der Waals surface area contributed by atoms with Crippen molar-refractivity contribution < 1.29 is 9.90 Å². The summed E-state index contributed by atoms with van der Waals surface area (Å²) in [6, 6.07) is 0.181. The molecule has 0 radical (unpaired) electrons. The fraction of sp³-hybridized carbons (Fsp3) is 0.923. The van der Waals surface area contributed by atoms with Crippen LogP contribution in [0.25, 0.3) is 0 Å². The first-order valence-corrected chi connectivity index (χ1v) is 6.89. The Labute approximate surface area is 104 Å². The molecule has 0 amide bonds. The third-order valence-electron chi connectivity index (χ3n) is 3.60. The Bertz CT molecular complexity index is 227. The first-order valence-electron chi connectivity index (χ1n) is 6.89. The zero-order valence-corrected chi connectivity index (χ0v) is 11.1. The monoisotopic (exact) mass is 242 g/mol. The summed E-state index contributed by atoms with van der Waals surface area (Å²) in [5.74, 6) is -0.727. The highest BCUT2D eigenvalue weighted by atomic mass is 16.4. The summed E-state index contributed by atoms with van der Waals surface area (Å²) in [6.45, 7) is 6.54. The molecular weight excluding hydrogens is 216 g/mol. The van der Waals surface area contributed by atoms with Crippen molar-refractivity contribution in [2.24, 2.45) is 0 Å². The highest BCUT2D eigenvalue weighted by molar-refractivity contribution is 5.73. The highest BCUT2D eigenvalue weighted by Crippen LogP contribution is 2.23. The van der Waals surface area contributed by atoms with E-state index in [0.29, 0.717) is 12.6 Å². The molecule has 1 unspecified atom stereocenters. The van der Waals surface area contributed by atoms with Gasteiger partial charge in [-0.1, -0.05) is 26.7 Å². The summed E-state index contributed by atoms with van der Waals surface area (Å²) >= 11 is 0. The molecule has 1 saturated carbocycles. The second-order valence-corrected chi connectivity index (χ2v) is 4.87. The molecule has 4 nitrogen and oxygen atoms in total. The molecule has 1 atom stereocenters. The van der Waals surface area contributed by atoms with Gasteiger partial charge in [0.2, 0.25) is 0 Å². The van der Waals surface area contributed by atoms with Gasteiger partial charge in [0.15, 0.2) is 0 Å². The Morgan fingerprint density at radius 1 is 1.41 bits per heavy atom. The number of carboxylic acid groups (broad SMARTS) is 1. The van der Waals surface area contributed by atoms with Gasteiger partial charge in [-0.15, -0.1) is 0 Å². The number of hydrogen-bond donors (Lipinski definition) is 2. The highest BCUT2D eigenvalue weighted by Gasteiger charge is 2.26. The average Bonchev–Trinajstić information content (AvgIpc) is 2.82. The van der Waals surface area contributed by atoms with Gasteiger partial charge in [-0.2, -0.15) is 0 Å². The van der Waals surface area contributed by atoms with Crippen molar-refractivity contribution in [1.82, 2.24) is 10.2 Å². The number of nitrogens with one attached hydrogen (secondary N) is 1. The summed E-state index contributed by atoms with van der Waals surface area (Å²) < 4.78 is 0. The van der Waals surface area contributed by atoms with Crippen LogP contribution in [0.4, 0.5) is 0 Å². The second kappa shape index (κ2) is 7.67. The van der Waals surface area contributed by atoms with E-state index in [9.17, 15) is 9.90 Å². The van der Waals surface area contributed by atoms with E-state index in [-0.39, 0.29) is 0 Å². The number of aliphatic carboxylic acids is 1. The Kier molecular flexibility index (Phi) is 6.52. The lowest BCUT2D eigenvalue weighted by atomic mass is 10.1. The van der Waals surface area contributed by atoms with Gasteiger partial charge in [0.25, 0.3) is 0 Å². The summed E-state index contributed by atoms with van der Waals surface area (Å²) in [5.41, 5.74) is 0. The van der Waals surface area contributed by atoms with Crippen LogP contribution in [-0.2, 0) is 4.79 Å². The number of hydrogen-bond acceptors (Lipinski definition) is 3. The minimum Gasteiger partial charge on any atom is -0.480 e. The molecule has 0 aromatic carbocycles. The van der Waals surface area contributed by atoms with Gasteiger partial charge in [-0.05, 0) is 32.4 Å². The van der Waals surface area contributed by atoms with Crippen LogP contribution >= 0.6 is 0 Å². The largest absolute Gasteiger partial charge is 0.480 e. The van der Waals surface area contributed by atoms with Crippen molar-refractivity contribution >= 4 is 5.97 Å². The number of carboxylic acids is 1. The molecule has 2 N–H and O–H groups in total. The maximum Gasteiger partial charge on any atom is 0.322 e. The molecule has 0 heterocycles. The molecule has 1 rings (SSSR count). The number of rotatable bonds is 8. The standard InChI is InChI=1S/C13H26N2O2/c1-3-9-14-12(13(16)17)10-15(4-2)11-7-5-6-8-11/h11-12,14H,3-10H2,1-2H3,(H,16,17). The quantitative estimate of drug-likeness (QED) is 0.680. The van der Waals surface area contributed by atoms with E-state index in [2.05, 4.69) is 24.1 Å². The predicted molar refractivity (Wildman–Crippen MR) is 69.2 cm³/mol. The molecule has 0 aliphatic heterocycles. The van der Waals surface area contributed by atoms with Crippen molar-refractivity contribution in [3.63, 3.8) is 0 Å². The molecule has 0 aromatic rings. The van der Waals surface area contributed by atoms with E-state index in [1.807, 2.05) is 0 Å². The van der Waals surface area contributed by atoms with Crippen molar-refractivity contribution in [3.05, 3.63) is 0 Å². The molecule has 0 spiro atoms. The lowest BCUT2D eigenvalue weighted by Gasteiger charge is -2.30. The fourth-order valence-electron chi connectivity index (χ4n) is 2.59. The normalized spacial score (nSPS) is 18.8. The van der Waals surface area contributed by atoms with Crippen LogP contribution in [0.15, 0.2) is 0 Å². The molecule has 1 aliphatic rings. The van der Waals surface area contributed by atoms with Gasteiger partial charge in [0, 0.05) is 12.6 Å². The lowest BCUT2D eigenvalue weighted by molar-refractivity contribution is -0.140. The van der Waals surface area contributed by atoms with Crippen molar-refractivity contribution in [1.29, 1.82) is 0 Å². The molecule has 0 bridgehead atoms. The first-order chi connectivity index (χ1) is 8.19. The molecular formula is C13H26N2O2. The number of likely N-dealkylation sites (N-methyl/N-ethyl adjacent to an activating group) is 1. The maximum atomic E-state index is 11.2. The Hall–Kier alpha value is -0.610. The predicted octanol–water partition coefficient (Wildman–Crippen LogP) is 1.70. The Morgan fingerprint density at radius 2 is 2.06 bits per heavy atom. The van der Waals surface area contributed by atoms with Crippen LogP contribution in [0.3, 0.4) is 0 Å². The van der Waals surface area contributed by atoms with Gasteiger partial charge in [-0.3, -0.25) is 9.69 Å². The minimum atomic E-state index is -0.727. The van der Waals surface area contributed by atoms with Crippen molar-refractivity contribution in [2.45, 2.75) is 58.0 Å². The maximum absolute atomic E-state index is 11.2. The summed E-state index contributed by atoms with van der Waals surface area (Å²) in [7, 11) is 0. The van der Waals surface area contributed by atoms with Crippen LogP contribution in [0.5, 0.6) is 0 Å². The van der Waals surface area contributed by atoms with Gasteiger partial charge >= 0.3 is 5.97 Å². The van der Waals surface area contributed by atoms with Gasteiger partial charge < -0.3 is 10.4 Å². The smallest absolute Gasteiger partial charge is 0.322 e. The summed E-state index contributed by atoms with van der Waals surface area (Å²) in [6.07, 6.45) is 6.02. The zero-order valence-electron chi connectivity index (χ0n) is 11.1. The molecule has 1 aliphatic carbocycles. The van der Waals surface area contributed by atoms with E-state index < -0.39 is 12.0 Å². The first kappa shape index (κ1) is 14.5. The van der Waals surface area contributed by atoms with Crippen molar-refractivity contribution in [2.75, 3.05) is 19.6 Å². The topological polar surface area (TPSA) is 52.6 Å². The average molecular weight is 242 g/mol. The molecule has 0 aromatic heterocycles. The van der Waals surface area contributed by atoms with Crippen LogP contribution in [0.2, 0.25) is 0 Å². The van der Waals surface area contributed by atoms with Crippen LogP contribution in [0, 0.1) is 0 Å². The van der Waals surface area contributed by atoms with Crippen LogP contribution in [-0.4, -0.2) is 47.7 Å². The number of carbonyl (C=O) groups is 1. The SMILES string of the molecule is CCCNC(CN(CC)C1CCCC1)C(=O)O. The van der Waals surface area contributed by atoms with Crippen LogP contribution < -0.4 is 5.32 Å². The Morgan fingerprint density at radius 3 is 2.53 bits per heavy atom. The van der Waals surface area contributed by atoms with Gasteiger partial charge in [0.05, 0.1) is 0 Å². The van der Waals surface area contributed by atoms with E-state index >= 15 is 0 Å². The van der Waals surface area contributed by atoms with Gasteiger partial charge in [0.1, 0.15) is 6.04 Å².